The Labute approximate surface area is 131 Å². The number of ether oxygens (including phenoxy) is 1. The number of rotatable bonds is 2. The Hall–Kier alpha value is -1.91. The van der Waals surface area contributed by atoms with Crippen LogP contribution in [0.2, 0.25) is 0 Å². The minimum atomic E-state index is -4.53. The van der Waals surface area contributed by atoms with Crippen LogP contribution in [0.1, 0.15) is 34.3 Å². The lowest BCUT2D eigenvalue weighted by molar-refractivity contribution is -0.137. The first kappa shape index (κ1) is 16.0. The molecule has 0 amide bonds. The highest BCUT2D eigenvalue weighted by molar-refractivity contribution is 6.00. The van der Waals surface area contributed by atoms with Gasteiger partial charge in [0.1, 0.15) is 0 Å². The Bertz CT molecular complexity index is 654. The van der Waals surface area contributed by atoms with E-state index in [0.29, 0.717) is 26.1 Å². The summed E-state index contributed by atoms with van der Waals surface area (Å²) in [5, 5.41) is 12.5. The molecule has 1 aromatic rings. The Balaban J connectivity index is 1.86. The van der Waals surface area contributed by atoms with Crippen LogP contribution in [0.5, 0.6) is 0 Å². The van der Waals surface area contributed by atoms with Gasteiger partial charge in [-0.25, -0.2) is 0 Å². The zero-order chi connectivity index (χ0) is 16.6. The number of nitrogens with one attached hydrogen (secondary N) is 1. The fraction of sp³-hybridized carbons (Fsp3) is 0.500. The van der Waals surface area contributed by atoms with E-state index in [-0.39, 0.29) is 34.9 Å². The molecule has 2 unspecified atom stereocenters. The number of fused-ring (bicyclic) bond motifs is 2. The molecule has 2 fully saturated rings. The van der Waals surface area contributed by atoms with Crippen molar-refractivity contribution in [3.05, 3.63) is 34.9 Å². The first-order chi connectivity index (χ1) is 10.9. The van der Waals surface area contributed by atoms with Crippen LogP contribution in [0.25, 0.3) is 0 Å². The maximum atomic E-state index is 12.7. The van der Waals surface area contributed by atoms with Crippen LogP contribution in [0, 0.1) is 17.2 Å². The smallest absolute Gasteiger partial charge is 0.378 e. The molecule has 3 rings (SSSR count). The number of Topliss-reactive ketones (excluding diaryl/α,β-unsaturated/α-hetero) is 1. The van der Waals surface area contributed by atoms with Crippen LogP contribution in [0.3, 0.4) is 0 Å². The van der Waals surface area contributed by atoms with Gasteiger partial charge in [0.25, 0.3) is 0 Å². The van der Waals surface area contributed by atoms with Crippen LogP contribution in [0.4, 0.5) is 13.2 Å². The molecule has 2 heterocycles. The summed E-state index contributed by atoms with van der Waals surface area (Å²) in [5.74, 6) is -0.548. The van der Waals surface area contributed by atoms with Gasteiger partial charge in [-0.05, 0) is 31.0 Å². The summed E-state index contributed by atoms with van der Waals surface area (Å²) >= 11 is 0. The molecular formula is C16H15F3N2O2. The quantitative estimate of drug-likeness (QED) is 0.849. The van der Waals surface area contributed by atoms with Crippen LogP contribution in [-0.2, 0) is 10.9 Å². The number of benzene rings is 1. The molecule has 2 aliphatic rings. The molecule has 4 nitrogen and oxygen atoms in total. The highest BCUT2D eigenvalue weighted by Gasteiger charge is 2.37. The third kappa shape index (κ3) is 3.23. The van der Waals surface area contributed by atoms with E-state index in [4.69, 9.17) is 10.00 Å². The summed E-state index contributed by atoms with van der Waals surface area (Å²) in [6.07, 6.45) is -3.39. The van der Waals surface area contributed by atoms with Crippen molar-refractivity contribution in [2.24, 2.45) is 5.92 Å². The second-order valence-electron chi connectivity index (χ2n) is 6.00. The van der Waals surface area contributed by atoms with Crippen LogP contribution in [0.15, 0.2) is 18.2 Å². The first-order valence-corrected chi connectivity index (χ1v) is 7.38. The average molecular weight is 324 g/mol. The maximum Gasteiger partial charge on any atom is 0.416 e. The molecule has 1 aromatic carbocycles. The summed E-state index contributed by atoms with van der Waals surface area (Å²) in [6.45, 7) is 1.05. The summed E-state index contributed by atoms with van der Waals surface area (Å²) in [5.41, 5.74) is -1.06. The minimum Gasteiger partial charge on any atom is -0.378 e. The van der Waals surface area contributed by atoms with Crippen molar-refractivity contribution in [1.29, 1.82) is 5.26 Å². The second kappa shape index (κ2) is 5.95. The summed E-state index contributed by atoms with van der Waals surface area (Å²) in [7, 11) is 0. The molecule has 1 N–H and O–H groups in total. The van der Waals surface area contributed by atoms with Crippen molar-refractivity contribution < 1.29 is 22.7 Å². The number of piperidine rings is 1. The molecule has 2 aliphatic heterocycles. The number of ketones is 1. The van der Waals surface area contributed by atoms with Gasteiger partial charge in [-0.2, -0.15) is 18.4 Å². The van der Waals surface area contributed by atoms with Gasteiger partial charge in [0.05, 0.1) is 30.4 Å². The Morgan fingerprint density at radius 1 is 1.26 bits per heavy atom. The summed E-state index contributed by atoms with van der Waals surface area (Å²) in [4.78, 5) is 12.7. The maximum absolute atomic E-state index is 12.7. The van der Waals surface area contributed by atoms with E-state index in [1.807, 2.05) is 0 Å². The van der Waals surface area contributed by atoms with Gasteiger partial charge >= 0.3 is 6.18 Å². The van der Waals surface area contributed by atoms with Gasteiger partial charge in [-0.15, -0.1) is 0 Å². The van der Waals surface area contributed by atoms with Crippen molar-refractivity contribution in [1.82, 2.24) is 5.32 Å². The predicted octanol–water partition coefficient (Wildman–Crippen LogP) is 2.53. The lowest BCUT2D eigenvalue weighted by Gasteiger charge is -2.39. The SMILES string of the molecule is N#Cc1cc(C(F)(F)F)ccc1C(=O)C1CC2COCC(C1)N2. The van der Waals surface area contributed by atoms with E-state index < -0.39 is 11.7 Å². The van der Waals surface area contributed by atoms with Gasteiger partial charge in [0, 0.05) is 23.6 Å². The third-order valence-corrected chi connectivity index (χ3v) is 4.35. The molecule has 2 bridgehead atoms. The number of halogens is 3. The lowest BCUT2D eigenvalue weighted by atomic mass is 9.81. The molecule has 0 radical (unpaired) electrons. The summed E-state index contributed by atoms with van der Waals surface area (Å²) in [6, 6.07) is 4.61. The highest BCUT2D eigenvalue weighted by Crippen LogP contribution is 2.32. The van der Waals surface area contributed by atoms with E-state index in [1.165, 1.54) is 0 Å². The molecular weight excluding hydrogens is 309 g/mol. The Morgan fingerprint density at radius 3 is 2.48 bits per heavy atom. The number of morpholine rings is 1. The number of hydrogen-bond acceptors (Lipinski definition) is 4. The minimum absolute atomic E-state index is 0.0754. The predicted molar refractivity (Wildman–Crippen MR) is 74.7 cm³/mol. The number of alkyl halides is 3. The van der Waals surface area contributed by atoms with E-state index in [2.05, 4.69) is 5.32 Å². The fourth-order valence-corrected chi connectivity index (χ4v) is 3.30. The average Bonchev–Trinajstić information content (AvgIpc) is 2.52. The van der Waals surface area contributed by atoms with Gasteiger partial charge in [0.2, 0.25) is 0 Å². The molecule has 0 aromatic heterocycles. The molecule has 7 heteroatoms. The van der Waals surface area contributed by atoms with Crippen molar-refractivity contribution >= 4 is 5.78 Å². The van der Waals surface area contributed by atoms with Crippen molar-refractivity contribution in [3.63, 3.8) is 0 Å². The first-order valence-electron chi connectivity index (χ1n) is 7.38. The molecule has 0 spiro atoms. The number of nitrogens with zero attached hydrogens (tertiary/aromatic N) is 1. The van der Waals surface area contributed by atoms with Crippen molar-refractivity contribution in [3.8, 4) is 6.07 Å². The van der Waals surface area contributed by atoms with E-state index >= 15 is 0 Å². The molecule has 23 heavy (non-hydrogen) atoms. The molecule has 122 valence electrons. The normalized spacial score (nSPS) is 27.3. The van der Waals surface area contributed by atoms with Crippen molar-refractivity contribution in [2.75, 3.05) is 13.2 Å². The van der Waals surface area contributed by atoms with E-state index in [0.717, 1.165) is 18.2 Å². The van der Waals surface area contributed by atoms with Crippen LogP contribution >= 0.6 is 0 Å². The number of carbonyl (C=O) groups excluding carboxylic acids is 1. The molecule has 2 atom stereocenters. The highest BCUT2D eigenvalue weighted by atomic mass is 19.4. The van der Waals surface area contributed by atoms with Crippen molar-refractivity contribution in [2.45, 2.75) is 31.1 Å². The van der Waals surface area contributed by atoms with Gasteiger partial charge in [0.15, 0.2) is 5.78 Å². The lowest BCUT2D eigenvalue weighted by Crippen LogP contribution is -2.55. The Morgan fingerprint density at radius 2 is 1.91 bits per heavy atom. The van der Waals surface area contributed by atoms with Crippen LogP contribution in [-0.4, -0.2) is 31.1 Å². The van der Waals surface area contributed by atoms with Gasteiger partial charge in [-0.3, -0.25) is 4.79 Å². The van der Waals surface area contributed by atoms with Gasteiger partial charge in [-0.1, -0.05) is 0 Å². The largest absolute Gasteiger partial charge is 0.416 e. The zero-order valence-corrected chi connectivity index (χ0v) is 12.2. The number of carbonyl (C=O) groups is 1. The van der Waals surface area contributed by atoms with Gasteiger partial charge < -0.3 is 10.1 Å². The molecule has 0 aliphatic carbocycles. The monoisotopic (exact) mass is 324 g/mol. The zero-order valence-electron chi connectivity index (χ0n) is 12.2. The second-order valence-corrected chi connectivity index (χ2v) is 6.00. The Kier molecular flexibility index (Phi) is 4.13. The van der Waals surface area contributed by atoms with Crippen LogP contribution < -0.4 is 5.32 Å². The molecule has 0 saturated carbocycles. The van der Waals surface area contributed by atoms with E-state index in [1.54, 1.807) is 6.07 Å². The standard InChI is InChI=1S/C16H15F3N2O2/c17-16(18,19)11-1-2-14(10(3-11)6-20)15(22)9-4-12-7-23-8-13(5-9)21-12/h1-3,9,12-13,21H,4-5,7-8H2. The number of nitriles is 1. The van der Waals surface area contributed by atoms with E-state index in [9.17, 15) is 18.0 Å². The topological polar surface area (TPSA) is 62.1 Å². The number of hydrogen-bond donors (Lipinski definition) is 1. The third-order valence-electron chi connectivity index (χ3n) is 4.35. The fourth-order valence-electron chi connectivity index (χ4n) is 3.30. The molecule has 2 saturated heterocycles. The summed E-state index contributed by atoms with van der Waals surface area (Å²) < 4.78 is 43.6.